The zero-order valence-electron chi connectivity index (χ0n) is 14.7. The molecular weight excluding hydrogens is 306 g/mol. The van der Waals surface area contributed by atoms with Gasteiger partial charge in [-0.2, -0.15) is 11.8 Å². The second-order valence-electron chi connectivity index (χ2n) is 6.04. The van der Waals surface area contributed by atoms with Gasteiger partial charge in [-0.15, -0.1) is 0 Å². The quantitative estimate of drug-likeness (QED) is 0.618. The van der Waals surface area contributed by atoms with Gasteiger partial charge in [0.1, 0.15) is 5.82 Å². The molecule has 5 nitrogen and oxygen atoms in total. The molecular formula is C17H29N5S. The predicted octanol–water partition coefficient (Wildman–Crippen LogP) is 2.49. The van der Waals surface area contributed by atoms with E-state index in [0.29, 0.717) is 12.6 Å². The van der Waals surface area contributed by atoms with Crippen molar-refractivity contribution >= 4 is 23.5 Å². The number of aromatic nitrogens is 1. The Morgan fingerprint density at radius 2 is 2.22 bits per heavy atom. The second-order valence-corrected chi connectivity index (χ2v) is 7.62. The summed E-state index contributed by atoms with van der Waals surface area (Å²) in [5.41, 5.74) is 1.02. The average molecular weight is 336 g/mol. The van der Waals surface area contributed by atoms with Gasteiger partial charge in [-0.25, -0.2) is 4.98 Å². The first-order valence-electron chi connectivity index (χ1n) is 8.34. The molecule has 0 amide bonds. The van der Waals surface area contributed by atoms with Gasteiger partial charge in [0.2, 0.25) is 0 Å². The molecule has 23 heavy (non-hydrogen) atoms. The van der Waals surface area contributed by atoms with Crippen LogP contribution in [0.4, 0.5) is 5.82 Å². The van der Waals surface area contributed by atoms with Gasteiger partial charge in [-0.3, -0.25) is 4.99 Å². The average Bonchev–Trinajstić information content (AvgIpc) is 2.99. The Bertz CT molecular complexity index is 517. The van der Waals surface area contributed by atoms with E-state index in [4.69, 9.17) is 0 Å². The van der Waals surface area contributed by atoms with Crippen LogP contribution in [0.15, 0.2) is 23.2 Å². The molecule has 0 bridgehead atoms. The first-order valence-corrected chi connectivity index (χ1v) is 9.39. The Balaban J connectivity index is 1.83. The Labute approximate surface area is 144 Å². The van der Waals surface area contributed by atoms with Crippen LogP contribution in [0.2, 0.25) is 0 Å². The highest BCUT2D eigenvalue weighted by Gasteiger charge is 2.25. The van der Waals surface area contributed by atoms with Gasteiger partial charge < -0.3 is 15.5 Å². The van der Waals surface area contributed by atoms with Crippen LogP contribution < -0.4 is 15.5 Å². The summed E-state index contributed by atoms with van der Waals surface area (Å²) < 4.78 is 0. The number of hydrogen-bond acceptors (Lipinski definition) is 4. The van der Waals surface area contributed by atoms with Crippen LogP contribution in [0, 0.1) is 0 Å². The third-order valence-electron chi connectivity index (χ3n) is 4.04. The maximum atomic E-state index is 4.62. The lowest BCUT2D eigenvalue weighted by Crippen LogP contribution is -2.42. The van der Waals surface area contributed by atoms with E-state index in [0.717, 1.165) is 22.7 Å². The third-order valence-corrected chi connectivity index (χ3v) is 5.27. The van der Waals surface area contributed by atoms with E-state index in [2.05, 4.69) is 39.3 Å². The summed E-state index contributed by atoms with van der Waals surface area (Å²) in [4.78, 5) is 11.0. The highest BCUT2D eigenvalue weighted by molar-refractivity contribution is 7.99. The van der Waals surface area contributed by atoms with Crippen LogP contribution in [0.3, 0.4) is 0 Å². The van der Waals surface area contributed by atoms with Crippen molar-refractivity contribution in [1.82, 2.24) is 15.6 Å². The molecule has 6 heteroatoms. The van der Waals surface area contributed by atoms with Crippen molar-refractivity contribution in [2.45, 2.75) is 44.0 Å². The molecule has 1 aromatic heterocycles. The van der Waals surface area contributed by atoms with E-state index in [9.17, 15) is 0 Å². The summed E-state index contributed by atoms with van der Waals surface area (Å²) in [5.74, 6) is 3.05. The van der Waals surface area contributed by atoms with Crippen LogP contribution >= 0.6 is 11.8 Å². The van der Waals surface area contributed by atoms with Crippen LogP contribution in [0.1, 0.15) is 31.9 Å². The molecule has 128 valence electrons. The van der Waals surface area contributed by atoms with Crippen LogP contribution in [0.5, 0.6) is 0 Å². The number of nitrogens with zero attached hydrogens (tertiary/aromatic N) is 3. The number of guanidine groups is 1. The number of anilines is 1. The van der Waals surface area contributed by atoms with E-state index < -0.39 is 0 Å². The first-order chi connectivity index (χ1) is 11.1. The predicted molar refractivity (Wildman–Crippen MR) is 101 cm³/mol. The van der Waals surface area contributed by atoms with E-state index >= 15 is 0 Å². The summed E-state index contributed by atoms with van der Waals surface area (Å²) in [5, 5.41) is 7.73. The summed E-state index contributed by atoms with van der Waals surface area (Å²) in [6.07, 6.45) is 3.76. The lowest BCUT2D eigenvalue weighted by atomic mass is 10.2. The summed E-state index contributed by atoms with van der Waals surface area (Å²) in [6, 6.07) is 6.63. The number of thioether (sulfide) groups is 1. The third kappa shape index (κ3) is 5.61. The SMILES string of the molecule is CCSC1CCC(NC(=NC)NCc2cccc(N(C)C)n2)C1. The number of rotatable bonds is 6. The largest absolute Gasteiger partial charge is 0.363 e. The standard InChI is InChI=1S/C17H29N5S/c1-5-23-15-10-9-13(11-15)21-17(18-2)19-12-14-7-6-8-16(20-14)22(3)4/h6-8,13,15H,5,9-12H2,1-4H3,(H2,18,19,21). The maximum Gasteiger partial charge on any atom is 0.191 e. The molecule has 2 N–H and O–H groups in total. The Morgan fingerprint density at radius 3 is 2.91 bits per heavy atom. The van der Waals surface area contributed by atoms with Crippen LogP contribution in [0.25, 0.3) is 0 Å². The zero-order chi connectivity index (χ0) is 16.7. The first kappa shape index (κ1) is 17.9. The molecule has 1 saturated carbocycles. The fourth-order valence-corrected chi connectivity index (χ4v) is 3.98. The minimum Gasteiger partial charge on any atom is -0.363 e. The molecule has 2 atom stereocenters. The fourth-order valence-electron chi connectivity index (χ4n) is 2.84. The van der Waals surface area contributed by atoms with Crippen molar-refractivity contribution in [3.63, 3.8) is 0 Å². The normalized spacial score (nSPS) is 21.3. The van der Waals surface area contributed by atoms with E-state index in [1.54, 1.807) is 0 Å². The molecule has 0 radical (unpaired) electrons. The topological polar surface area (TPSA) is 52.6 Å². The number of hydrogen-bond donors (Lipinski definition) is 2. The fraction of sp³-hybridized carbons (Fsp3) is 0.647. The summed E-state index contributed by atoms with van der Waals surface area (Å²) in [7, 11) is 5.84. The minimum atomic E-state index is 0.534. The van der Waals surface area contributed by atoms with E-state index in [-0.39, 0.29) is 0 Å². The molecule has 0 aliphatic heterocycles. The Hall–Kier alpha value is -1.43. The van der Waals surface area contributed by atoms with Gasteiger partial charge in [0.05, 0.1) is 12.2 Å². The van der Waals surface area contributed by atoms with Crippen molar-refractivity contribution in [2.75, 3.05) is 31.8 Å². The van der Waals surface area contributed by atoms with E-state index in [1.807, 2.05) is 44.2 Å². The number of nitrogens with one attached hydrogen (secondary N) is 2. The highest BCUT2D eigenvalue weighted by atomic mass is 32.2. The Morgan fingerprint density at radius 1 is 1.39 bits per heavy atom. The molecule has 1 aliphatic rings. The van der Waals surface area contributed by atoms with E-state index in [1.165, 1.54) is 25.0 Å². The maximum absolute atomic E-state index is 4.62. The zero-order valence-corrected chi connectivity index (χ0v) is 15.5. The summed E-state index contributed by atoms with van der Waals surface area (Å²) >= 11 is 2.08. The number of pyridine rings is 1. The monoisotopic (exact) mass is 335 g/mol. The van der Waals surface area contributed by atoms with Gasteiger partial charge in [-0.05, 0) is 37.1 Å². The van der Waals surface area contributed by atoms with Crippen molar-refractivity contribution in [2.24, 2.45) is 4.99 Å². The van der Waals surface area contributed by atoms with Gasteiger partial charge in [0, 0.05) is 32.4 Å². The second kappa shape index (κ2) is 9.01. The summed E-state index contributed by atoms with van der Waals surface area (Å²) in [6.45, 7) is 2.92. The molecule has 0 spiro atoms. The van der Waals surface area contributed by atoms with Crippen molar-refractivity contribution in [3.05, 3.63) is 23.9 Å². The molecule has 1 fully saturated rings. The van der Waals surface area contributed by atoms with Gasteiger partial charge in [0.15, 0.2) is 5.96 Å². The molecule has 0 saturated heterocycles. The molecule has 1 aliphatic carbocycles. The van der Waals surface area contributed by atoms with Gasteiger partial charge in [-0.1, -0.05) is 13.0 Å². The molecule has 2 unspecified atom stereocenters. The lowest BCUT2D eigenvalue weighted by molar-refractivity contribution is 0.613. The van der Waals surface area contributed by atoms with Crippen molar-refractivity contribution in [3.8, 4) is 0 Å². The smallest absolute Gasteiger partial charge is 0.191 e. The number of aliphatic imine (C=N–C) groups is 1. The van der Waals surface area contributed by atoms with Gasteiger partial charge >= 0.3 is 0 Å². The molecule has 0 aromatic carbocycles. The highest BCUT2D eigenvalue weighted by Crippen LogP contribution is 2.29. The lowest BCUT2D eigenvalue weighted by Gasteiger charge is -2.18. The Kier molecular flexibility index (Phi) is 7.02. The molecule has 2 rings (SSSR count). The minimum absolute atomic E-state index is 0.534. The van der Waals surface area contributed by atoms with Gasteiger partial charge in [0.25, 0.3) is 0 Å². The van der Waals surface area contributed by atoms with Crippen molar-refractivity contribution < 1.29 is 0 Å². The molecule has 1 heterocycles. The van der Waals surface area contributed by atoms with Crippen LogP contribution in [-0.4, -0.2) is 49.1 Å². The van der Waals surface area contributed by atoms with Crippen LogP contribution in [-0.2, 0) is 6.54 Å². The van der Waals surface area contributed by atoms with Crippen molar-refractivity contribution in [1.29, 1.82) is 0 Å². The molecule has 1 aromatic rings.